The maximum Gasteiger partial charge on any atom is 0.374 e. The highest BCUT2D eigenvalue weighted by Crippen LogP contribution is 2.55. The predicted octanol–water partition coefficient (Wildman–Crippen LogP) is 0.316. The summed E-state index contributed by atoms with van der Waals surface area (Å²) in [5.74, 6) is -0.877. The molecule has 2 aliphatic carbocycles. The molecule has 0 radical (unpaired) electrons. The van der Waals surface area contributed by atoms with E-state index in [-0.39, 0.29) is 23.9 Å². The number of carbonyl (C=O) groups is 3. The summed E-state index contributed by atoms with van der Waals surface area (Å²) in [7, 11) is 0. The topological polar surface area (TPSA) is 69.7 Å². The fourth-order valence-corrected chi connectivity index (χ4v) is 3.63. The summed E-state index contributed by atoms with van der Waals surface area (Å²) < 4.78 is 10.2. The molecule has 0 aromatic heterocycles. The summed E-state index contributed by atoms with van der Waals surface area (Å²) >= 11 is 0. The van der Waals surface area contributed by atoms with Crippen LogP contribution in [0.1, 0.15) is 19.8 Å². The normalized spacial score (nSPS) is 42.2. The summed E-state index contributed by atoms with van der Waals surface area (Å²) in [4.78, 5) is 33.7. The molecular formula is C12H14O5. The van der Waals surface area contributed by atoms with Crippen LogP contribution in [0.25, 0.3) is 0 Å². The van der Waals surface area contributed by atoms with Gasteiger partial charge in [0.2, 0.25) is 5.78 Å². The molecule has 3 aliphatic rings. The van der Waals surface area contributed by atoms with Crippen LogP contribution >= 0.6 is 0 Å². The van der Waals surface area contributed by atoms with Crippen LogP contribution in [0.3, 0.4) is 0 Å². The van der Waals surface area contributed by atoms with E-state index in [0.29, 0.717) is 18.4 Å². The summed E-state index contributed by atoms with van der Waals surface area (Å²) in [6, 6.07) is 0. The first-order valence-corrected chi connectivity index (χ1v) is 5.96. The number of Topliss-reactive ketones (excluding diaryl/α,β-unsaturated/α-hetero) is 1. The molecule has 92 valence electrons. The van der Waals surface area contributed by atoms with Crippen molar-refractivity contribution in [2.45, 2.75) is 25.9 Å². The lowest BCUT2D eigenvalue weighted by atomic mass is 9.80. The molecule has 0 N–H and O–H groups in total. The van der Waals surface area contributed by atoms with E-state index in [1.54, 1.807) is 0 Å². The number of esters is 2. The Kier molecular flexibility index (Phi) is 2.24. The molecule has 2 saturated carbocycles. The molecule has 3 rings (SSSR count). The molecule has 0 spiro atoms. The SMILES string of the molecule is CC(=O)C(=O)OC1CC2CC1C1C(=O)OCC21. The molecule has 0 amide bonds. The zero-order valence-corrected chi connectivity index (χ0v) is 9.55. The van der Waals surface area contributed by atoms with Crippen LogP contribution in [0.4, 0.5) is 0 Å². The van der Waals surface area contributed by atoms with Crippen molar-refractivity contribution in [2.24, 2.45) is 23.7 Å². The van der Waals surface area contributed by atoms with Gasteiger partial charge in [-0.2, -0.15) is 0 Å². The average Bonchev–Trinajstić information content (AvgIpc) is 2.91. The molecular weight excluding hydrogens is 224 g/mol. The quantitative estimate of drug-likeness (QED) is 0.511. The van der Waals surface area contributed by atoms with E-state index in [0.717, 1.165) is 12.8 Å². The zero-order chi connectivity index (χ0) is 12.2. The maximum atomic E-state index is 11.6. The first kappa shape index (κ1) is 10.7. The standard InChI is InChI=1S/C12H14O5/c1-5(13)11(14)17-9-3-6-2-7(9)10-8(6)4-16-12(10)15/h6-10H,2-4H2,1H3. The van der Waals surface area contributed by atoms with Crippen LogP contribution in [0, 0.1) is 23.7 Å². The lowest BCUT2D eigenvalue weighted by Gasteiger charge is -2.27. The molecule has 5 heteroatoms. The number of carbonyl (C=O) groups excluding carboxylic acids is 3. The smallest absolute Gasteiger partial charge is 0.374 e. The van der Waals surface area contributed by atoms with Gasteiger partial charge in [-0.05, 0) is 18.8 Å². The van der Waals surface area contributed by atoms with E-state index >= 15 is 0 Å². The molecule has 5 atom stereocenters. The van der Waals surface area contributed by atoms with Crippen LogP contribution in [0.2, 0.25) is 0 Å². The molecule has 0 aromatic carbocycles. The van der Waals surface area contributed by atoms with Gasteiger partial charge in [-0.25, -0.2) is 4.79 Å². The van der Waals surface area contributed by atoms with Gasteiger partial charge in [-0.3, -0.25) is 9.59 Å². The van der Waals surface area contributed by atoms with Gasteiger partial charge >= 0.3 is 11.9 Å². The number of cyclic esters (lactones) is 1. The third-order valence-electron chi connectivity index (χ3n) is 4.35. The third-order valence-corrected chi connectivity index (χ3v) is 4.35. The van der Waals surface area contributed by atoms with Crippen molar-refractivity contribution in [2.75, 3.05) is 6.61 Å². The molecule has 0 aromatic rings. The maximum absolute atomic E-state index is 11.6. The molecule has 1 saturated heterocycles. The number of rotatable bonds is 2. The van der Waals surface area contributed by atoms with E-state index in [1.807, 2.05) is 0 Å². The minimum atomic E-state index is -0.787. The second kappa shape index (κ2) is 3.55. The number of ether oxygens (including phenoxy) is 2. The van der Waals surface area contributed by atoms with Crippen LogP contribution in [-0.2, 0) is 23.9 Å². The summed E-state index contributed by atoms with van der Waals surface area (Å²) in [5, 5.41) is 0. The lowest BCUT2D eigenvalue weighted by molar-refractivity contribution is -0.161. The minimum Gasteiger partial charge on any atom is -0.465 e. The molecule has 5 nitrogen and oxygen atoms in total. The van der Waals surface area contributed by atoms with Crippen molar-refractivity contribution in [3.63, 3.8) is 0 Å². The number of fused-ring (bicyclic) bond motifs is 5. The number of ketones is 1. The minimum absolute atomic E-state index is 0.0586. The van der Waals surface area contributed by atoms with E-state index < -0.39 is 11.8 Å². The summed E-state index contributed by atoms with van der Waals surface area (Å²) in [6.07, 6.45) is 1.41. The number of hydrogen-bond donors (Lipinski definition) is 0. The fourth-order valence-electron chi connectivity index (χ4n) is 3.63. The van der Waals surface area contributed by atoms with Gasteiger partial charge in [-0.1, -0.05) is 0 Å². The molecule has 17 heavy (non-hydrogen) atoms. The van der Waals surface area contributed by atoms with E-state index in [4.69, 9.17) is 9.47 Å². The second-order valence-electron chi connectivity index (χ2n) is 5.21. The predicted molar refractivity (Wildman–Crippen MR) is 54.7 cm³/mol. The van der Waals surface area contributed by atoms with E-state index in [1.165, 1.54) is 6.92 Å². The van der Waals surface area contributed by atoms with Gasteiger partial charge in [0, 0.05) is 18.8 Å². The van der Waals surface area contributed by atoms with Gasteiger partial charge in [0.1, 0.15) is 6.10 Å². The Bertz CT molecular complexity index is 402. The van der Waals surface area contributed by atoms with Crippen LogP contribution in [-0.4, -0.2) is 30.4 Å². The second-order valence-corrected chi connectivity index (χ2v) is 5.21. The Morgan fingerprint density at radius 2 is 2.06 bits per heavy atom. The van der Waals surface area contributed by atoms with Crippen molar-refractivity contribution in [3.8, 4) is 0 Å². The summed E-state index contributed by atoms with van der Waals surface area (Å²) in [6.45, 7) is 1.71. The molecule has 3 fully saturated rings. The first-order valence-electron chi connectivity index (χ1n) is 5.96. The molecule has 2 bridgehead atoms. The van der Waals surface area contributed by atoms with Crippen molar-refractivity contribution in [1.82, 2.24) is 0 Å². The highest BCUT2D eigenvalue weighted by Gasteiger charge is 2.60. The monoisotopic (exact) mass is 238 g/mol. The van der Waals surface area contributed by atoms with Crippen LogP contribution < -0.4 is 0 Å². The fraction of sp³-hybridized carbons (Fsp3) is 0.750. The zero-order valence-electron chi connectivity index (χ0n) is 9.55. The van der Waals surface area contributed by atoms with Gasteiger partial charge in [0.05, 0.1) is 12.5 Å². The Balaban J connectivity index is 1.73. The van der Waals surface area contributed by atoms with Crippen molar-refractivity contribution < 1.29 is 23.9 Å². The van der Waals surface area contributed by atoms with Gasteiger partial charge in [0.25, 0.3) is 0 Å². The van der Waals surface area contributed by atoms with E-state index in [9.17, 15) is 14.4 Å². The van der Waals surface area contributed by atoms with Crippen molar-refractivity contribution in [3.05, 3.63) is 0 Å². The molecule has 1 aliphatic heterocycles. The third kappa shape index (κ3) is 1.48. The van der Waals surface area contributed by atoms with Crippen LogP contribution in [0.15, 0.2) is 0 Å². The average molecular weight is 238 g/mol. The molecule has 5 unspecified atom stereocenters. The Morgan fingerprint density at radius 1 is 1.29 bits per heavy atom. The highest BCUT2D eigenvalue weighted by atomic mass is 16.6. The van der Waals surface area contributed by atoms with Gasteiger partial charge in [-0.15, -0.1) is 0 Å². The van der Waals surface area contributed by atoms with Gasteiger partial charge in [0.15, 0.2) is 0 Å². The largest absolute Gasteiger partial charge is 0.465 e. The summed E-state index contributed by atoms with van der Waals surface area (Å²) in [5.41, 5.74) is 0. The Labute approximate surface area is 98.4 Å². The number of hydrogen-bond acceptors (Lipinski definition) is 5. The van der Waals surface area contributed by atoms with Gasteiger partial charge < -0.3 is 9.47 Å². The van der Waals surface area contributed by atoms with Crippen LogP contribution in [0.5, 0.6) is 0 Å². The highest BCUT2D eigenvalue weighted by molar-refractivity contribution is 6.32. The van der Waals surface area contributed by atoms with E-state index in [2.05, 4.69) is 0 Å². The lowest BCUT2D eigenvalue weighted by Crippen LogP contribution is -2.36. The van der Waals surface area contributed by atoms with Crippen molar-refractivity contribution in [1.29, 1.82) is 0 Å². The van der Waals surface area contributed by atoms with Crippen molar-refractivity contribution >= 4 is 17.7 Å². The Hall–Kier alpha value is -1.39. The first-order chi connectivity index (χ1) is 8.08. The molecule has 1 heterocycles. The Morgan fingerprint density at radius 3 is 2.76 bits per heavy atom.